The van der Waals surface area contributed by atoms with E-state index in [-0.39, 0.29) is 18.2 Å². The SMILES string of the molecule is COCC(=O)N(c1n[nH]c(=S)s1)C(Cc1ccccc1)C(N)=O. The van der Waals surface area contributed by atoms with Crippen molar-refractivity contribution in [2.24, 2.45) is 5.73 Å². The van der Waals surface area contributed by atoms with Crippen LogP contribution in [0.2, 0.25) is 0 Å². The van der Waals surface area contributed by atoms with Gasteiger partial charge in [0.1, 0.15) is 12.6 Å². The van der Waals surface area contributed by atoms with Crippen molar-refractivity contribution in [3.8, 4) is 0 Å². The van der Waals surface area contributed by atoms with Crippen LogP contribution in [0.1, 0.15) is 5.56 Å². The molecule has 1 unspecified atom stereocenters. The van der Waals surface area contributed by atoms with Gasteiger partial charge in [-0.05, 0) is 17.8 Å². The summed E-state index contributed by atoms with van der Waals surface area (Å²) in [5.41, 5.74) is 6.41. The van der Waals surface area contributed by atoms with Crippen LogP contribution in [0.25, 0.3) is 0 Å². The highest BCUT2D eigenvalue weighted by atomic mass is 32.1. The minimum atomic E-state index is -0.881. The van der Waals surface area contributed by atoms with Crippen LogP contribution in [0.5, 0.6) is 0 Å². The molecule has 0 aliphatic carbocycles. The summed E-state index contributed by atoms with van der Waals surface area (Å²) < 4.78 is 5.29. The van der Waals surface area contributed by atoms with Crippen molar-refractivity contribution in [2.45, 2.75) is 12.5 Å². The summed E-state index contributed by atoms with van der Waals surface area (Å²) in [7, 11) is 1.40. The number of nitrogens with two attached hydrogens (primary N) is 1. The molecule has 1 aromatic heterocycles. The number of rotatable bonds is 7. The van der Waals surface area contributed by atoms with Gasteiger partial charge in [0.25, 0.3) is 5.91 Å². The van der Waals surface area contributed by atoms with Crippen molar-refractivity contribution < 1.29 is 14.3 Å². The van der Waals surface area contributed by atoms with Gasteiger partial charge in [0.15, 0.2) is 3.95 Å². The van der Waals surface area contributed by atoms with Gasteiger partial charge >= 0.3 is 0 Å². The molecule has 0 spiro atoms. The number of aromatic amines is 1. The summed E-state index contributed by atoms with van der Waals surface area (Å²) in [5, 5.41) is 6.88. The number of H-pyrrole nitrogens is 1. The molecule has 3 N–H and O–H groups in total. The van der Waals surface area contributed by atoms with E-state index < -0.39 is 17.9 Å². The maximum atomic E-state index is 12.4. The van der Waals surface area contributed by atoms with E-state index in [0.29, 0.717) is 3.95 Å². The van der Waals surface area contributed by atoms with Gasteiger partial charge in [-0.25, -0.2) is 0 Å². The van der Waals surface area contributed by atoms with E-state index >= 15 is 0 Å². The lowest BCUT2D eigenvalue weighted by molar-refractivity contribution is -0.126. The smallest absolute Gasteiger partial charge is 0.255 e. The maximum absolute atomic E-state index is 12.4. The van der Waals surface area contributed by atoms with Gasteiger partial charge in [0, 0.05) is 13.5 Å². The first-order valence-electron chi connectivity index (χ1n) is 6.72. The van der Waals surface area contributed by atoms with E-state index in [1.165, 1.54) is 12.0 Å². The summed E-state index contributed by atoms with van der Waals surface area (Å²) >= 11 is 6.10. The highest BCUT2D eigenvalue weighted by Gasteiger charge is 2.31. The molecule has 0 bridgehead atoms. The van der Waals surface area contributed by atoms with Crippen LogP contribution in [-0.2, 0) is 20.7 Å². The summed E-state index contributed by atoms with van der Waals surface area (Å²) in [6.07, 6.45) is 0.276. The Morgan fingerprint density at radius 3 is 2.65 bits per heavy atom. The van der Waals surface area contributed by atoms with Crippen LogP contribution in [-0.4, -0.2) is 41.8 Å². The van der Waals surface area contributed by atoms with E-state index in [0.717, 1.165) is 16.9 Å². The predicted octanol–water partition coefficient (Wildman–Crippen LogP) is 1.28. The molecule has 2 rings (SSSR count). The minimum absolute atomic E-state index is 0.190. The van der Waals surface area contributed by atoms with Gasteiger partial charge in [-0.1, -0.05) is 41.7 Å². The third kappa shape index (κ3) is 4.44. The van der Waals surface area contributed by atoms with Crippen LogP contribution in [0.15, 0.2) is 30.3 Å². The second-order valence-electron chi connectivity index (χ2n) is 4.70. The number of nitrogens with one attached hydrogen (secondary N) is 1. The Labute approximate surface area is 142 Å². The monoisotopic (exact) mass is 352 g/mol. The number of methoxy groups -OCH3 is 1. The predicted molar refractivity (Wildman–Crippen MR) is 89.8 cm³/mol. The maximum Gasteiger partial charge on any atom is 0.255 e. The number of amides is 2. The Kier molecular flexibility index (Phi) is 5.97. The highest BCUT2D eigenvalue weighted by molar-refractivity contribution is 7.73. The molecule has 0 saturated heterocycles. The first-order chi connectivity index (χ1) is 11.0. The number of hydrogen-bond donors (Lipinski definition) is 2. The number of aromatic nitrogens is 2. The Balaban J connectivity index is 2.38. The Hall–Kier alpha value is -2.10. The van der Waals surface area contributed by atoms with Gasteiger partial charge in [0.2, 0.25) is 11.0 Å². The van der Waals surface area contributed by atoms with Crippen molar-refractivity contribution in [3.05, 3.63) is 39.8 Å². The molecular formula is C14H16N4O3S2. The molecule has 122 valence electrons. The largest absolute Gasteiger partial charge is 0.375 e. The second-order valence-corrected chi connectivity index (χ2v) is 6.34. The van der Waals surface area contributed by atoms with Crippen LogP contribution in [0.4, 0.5) is 5.13 Å². The summed E-state index contributed by atoms with van der Waals surface area (Å²) in [5.74, 6) is -1.04. The average Bonchev–Trinajstić information content (AvgIpc) is 2.94. The molecular weight excluding hydrogens is 336 g/mol. The highest BCUT2D eigenvalue weighted by Crippen LogP contribution is 2.22. The standard InChI is InChI=1S/C14H16N4O3S2/c1-21-8-11(19)18(13-16-17-14(22)23-13)10(12(15)20)7-9-5-3-2-4-6-9/h2-6,10H,7-8H2,1H3,(H2,15,20)(H,17,22). The van der Waals surface area contributed by atoms with Crippen molar-refractivity contribution in [1.29, 1.82) is 0 Å². The molecule has 0 aliphatic rings. The minimum Gasteiger partial charge on any atom is -0.375 e. The fraction of sp³-hybridized carbons (Fsp3) is 0.286. The Bertz CT molecular complexity index is 729. The van der Waals surface area contributed by atoms with Crippen LogP contribution in [0.3, 0.4) is 0 Å². The lowest BCUT2D eigenvalue weighted by atomic mass is 10.0. The number of ether oxygens (including phenoxy) is 1. The molecule has 1 aromatic carbocycles. The zero-order valence-electron chi connectivity index (χ0n) is 12.4. The van der Waals surface area contributed by atoms with Crippen molar-refractivity contribution >= 4 is 40.5 Å². The summed E-state index contributed by atoms with van der Waals surface area (Å²) in [6, 6.07) is 8.42. The quantitative estimate of drug-likeness (QED) is 0.731. The van der Waals surface area contributed by atoms with E-state index in [1.807, 2.05) is 30.3 Å². The van der Waals surface area contributed by atoms with Crippen LogP contribution >= 0.6 is 23.6 Å². The summed E-state index contributed by atoms with van der Waals surface area (Å²) in [6.45, 7) is -0.190. The van der Waals surface area contributed by atoms with Gasteiger partial charge in [-0.15, -0.1) is 5.10 Å². The molecule has 9 heteroatoms. The molecule has 2 aromatic rings. The zero-order valence-corrected chi connectivity index (χ0v) is 14.0. The molecule has 0 fully saturated rings. The third-order valence-corrected chi connectivity index (χ3v) is 4.17. The van der Waals surface area contributed by atoms with Gasteiger partial charge in [-0.2, -0.15) is 0 Å². The Morgan fingerprint density at radius 1 is 1.43 bits per heavy atom. The lowest BCUT2D eigenvalue weighted by Crippen LogP contribution is -2.50. The zero-order chi connectivity index (χ0) is 16.8. The number of benzene rings is 1. The molecule has 0 saturated carbocycles. The topological polar surface area (TPSA) is 101 Å². The fourth-order valence-corrected chi connectivity index (χ4v) is 3.03. The third-order valence-electron chi connectivity index (χ3n) is 3.08. The normalized spacial score (nSPS) is 11.9. The van der Waals surface area contributed by atoms with Crippen molar-refractivity contribution in [1.82, 2.24) is 10.2 Å². The first kappa shape index (κ1) is 17.3. The molecule has 2 amide bonds. The van der Waals surface area contributed by atoms with Crippen molar-refractivity contribution in [3.63, 3.8) is 0 Å². The number of anilines is 1. The molecule has 1 atom stereocenters. The average molecular weight is 352 g/mol. The lowest BCUT2D eigenvalue weighted by Gasteiger charge is -2.27. The van der Waals surface area contributed by atoms with Gasteiger partial charge in [-0.3, -0.25) is 19.6 Å². The molecule has 0 aliphatic heterocycles. The van der Waals surface area contributed by atoms with Crippen LogP contribution in [0, 0.1) is 3.95 Å². The number of hydrogen-bond acceptors (Lipinski definition) is 6. The second kappa shape index (κ2) is 7.95. The molecule has 0 radical (unpaired) electrons. The van der Waals surface area contributed by atoms with Crippen molar-refractivity contribution in [2.75, 3.05) is 18.6 Å². The van der Waals surface area contributed by atoms with E-state index in [2.05, 4.69) is 10.2 Å². The van der Waals surface area contributed by atoms with Crippen LogP contribution < -0.4 is 10.6 Å². The molecule has 23 heavy (non-hydrogen) atoms. The van der Waals surface area contributed by atoms with E-state index in [1.54, 1.807) is 0 Å². The Morgan fingerprint density at radius 2 is 2.13 bits per heavy atom. The van der Waals surface area contributed by atoms with Gasteiger partial charge in [0.05, 0.1) is 0 Å². The van der Waals surface area contributed by atoms with Gasteiger partial charge < -0.3 is 10.5 Å². The number of nitrogens with zero attached hydrogens (tertiary/aromatic N) is 2. The molecule has 1 heterocycles. The number of carbonyl (C=O) groups excluding carboxylic acids is 2. The number of carbonyl (C=O) groups is 2. The van der Waals surface area contributed by atoms with E-state index in [9.17, 15) is 9.59 Å². The molecule has 7 nitrogen and oxygen atoms in total. The summed E-state index contributed by atoms with van der Waals surface area (Å²) in [4.78, 5) is 25.6. The number of primary amides is 1. The fourth-order valence-electron chi connectivity index (χ4n) is 2.09. The first-order valence-corrected chi connectivity index (χ1v) is 7.95. The van der Waals surface area contributed by atoms with E-state index in [4.69, 9.17) is 22.7 Å².